The fraction of sp³-hybridized carbons (Fsp3) is 0.567. The van der Waals surface area contributed by atoms with Crippen LogP contribution in [0.2, 0.25) is 0 Å². The van der Waals surface area contributed by atoms with E-state index in [9.17, 15) is 4.79 Å². The molecule has 1 saturated carbocycles. The van der Waals surface area contributed by atoms with Crippen molar-refractivity contribution >= 4 is 24.2 Å². The van der Waals surface area contributed by atoms with Gasteiger partial charge in [-0.3, -0.25) is 4.79 Å². The molecule has 1 aliphatic carbocycles. The Morgan fingerprint density at radius 3 is 2.23 bits per heavy atom. The van der Waals surface area contributed by atoms with Gasteiger partial charge in [0.15, 0.2) is 0 Å². The summed E-state index contributed by atoms with van der Waals surface area (Å²) < 4.78 is 12.7. The summed E-state index contributed by atoms with van der Waals surface area (Å²) in [6, 6.07) is 15.8. The number of amides is 1. The van der Waals surface area contributed by atoms with E-state index in [0.29, 0.717) is 11.5 Å². The Labute approximate surface area is 212 Å². The Morgan fingerprint density at radius 1 is 0.943 bits per heavy atom. The third kappa shape index (κ3) is 6.01. The van der Waals surface area contributed by atoms with Crippen LogP contribution in [-0.2, 0) is 9.31 Å². The van der Waals surface area contributed by atoms with Crippen LogP contribution in [0.3, 0.4) is 0 Å². The van der Waals surface area contributed by atoms with Gasteiger partial charge in [0.05, 0.1) is 11.2 Å². The van der Waals surface area contributed by atoms with Gasteiger partial charge in [-0.05, 0) is 94.4 Å². The van der Waals surface area contributed by atoms with Crippen LogP contribution >= 0.6 is 0 Å². The Kier molecular flexibility index (Phi) is 8.07. The van der Waals surface area contributed by atoms with Crippen molar-refractivity contribution in [1.29, 1.82) is 0 Å². The average molecular weight is 475 g/mol. The highest BCUT2D eigenvalue weighted by molar-refractivity contribution is 6.62. The first-order valence-corrected chi connectivity index (χ1v) is 13.6. The molecular weight excluding hydrogens is 433 g/mol. The minimum absolute atomic E-state index is 0.0662. The average Bonchev–Trinajstić information content (AvgIpc) is 3.07. The zero-order chi connectivity index (χ0) is 25.1. The Balaban J connectivity index is 1.56. The number of hydrogen-bond donors (Lipinski definition) is 1. The molecule has 2 fully saturated rings. The first-order valence-electron chi connectivity index (χ1n) is 13.6. The molecule has 35 heavy (non-hydrogen) atoms. The van der Waals surface area contributed by atoms with Crippen LogP contribution in [0.4, 0.5) is 5.69 Å². The highest BCUT2D eigenvalue weighted by atomic mass is 16.7. The van der Waals surface area contributed by atoms with E-state index in [2.05, 4.69) is 46.0 Å². The fourth-order valence-corrected chi connectivity index (χ4v) is 5.39. The molecule has 5 heteroatoms. The lowest BCUT2D eigenvalue weighted by Crippen LogP contribution is -2.41. The van der Waals surface area contributed by atoms with E-state index in [0.717, 1.165) is 29.9 Å². The second-order valence-electron chi connectivity index (χ2n) is 11.5. The van der Waals surface area contributed by atoms with Gasteiger partial charge in [-0.25, -0.2) is 0 Å². The molecule has 2 aromatic rings. The van der Waals surface area contributed by atoms with Crippen molar-refractivity contribution in [2.45, 2.75) is 103 Å². The molecule has 188 valence electrons. The molecule has 1 N–H and O–H groups in total. The molecule has 0 aromatic heterocycles. The molecule has 0 spiro atoms. The molecule has 0 unspecified atom stereocenters. The van der Waals surface area contributed by atoms with Crippen molar-refractivity contribution in [3.8, 4) is 0 Å². The molecule has 4 rings (SSSR count). The predicted molar refractivity (Wildman–Crippen MR) is 145 cm³/mol. The normalized spacial score (nSPS) is 23.3. The smallest absolute Gasteiger partial charge is 0.399 e. The number of benzene rings is 2. The number of anilines is 1. The maximum absolute atomic E-state index is 13.0. The zero-order valence-corrected chi connectivity index (χ0v) is 22.2. The summed E-state index contributed by atoms with van der Waals surface area (Å²) >= 11 is 0. The van der Waals surface area contributed by atoms with Gasteiger partial charge in [0.2, 0.25) is 0 Å². The maximum Gasteiger partial charge on any atom is 0.494 e. The summed E-state index contributed by atoms with van der Waals surface area (Å²) in [7, 11) is -0.400. The van der Waals surface area contributed by atoms with Gasteiger partial charge in [-0.1, -0.05) is 62.9 Å². The molecule has 2 aliphatic rings. The van der Waals surface area contributed by atoms with Crippen LogP contribution < -0.4 is 10.8 Å². The number of unbranched alkanes of at least 4 members (excludes halogenated alkanes) is 2. The molecular formula is C30H42BNO3. The van der Waals surface area contributed by atoms with E-state index < -0.39 is 7.12 Å². The SMILES string of the molecule is CCCCCC1CCC(c2cc(B3OC(C)(C)C(C)(C)O3)ccc2NC(=O)c2ccccc2)CC1. The number of hydrogen-bond acceptors (Lipinski definition) is 3. The monoisotopic (exact) mass is 475 g/mol. The molecule has 2 aromatic carbocycles. The number of rotatable bonds is 8. The van der Waals surface area contributed by atoms with E-state index >= 15 is 0 Å². The minimum atomic E-state index is -0.400. The van der Waals surface area contributed by atoms with E-state index in [-0.39, 0.29) is 17.1 Å². The second-order valence-corrected chi connectivity index (χ2v) is 11.5. The Hall–Kier alpha value is -2.11. The standard InChI is InChI=1S/C30H42BNO3/c1-6-7-9-12-22-15-17-23(18-16-22)26-21-25(31-34-29(2,3)30(4,5)35-31)19-20-27(26)32-28(33)24-13-10-8-11-14-24/h8,10-11,13-14,19-23H,6-7,9,12,15-18H2,1-5H3,(H,32,33). The molecule has 1 amide bonds. The van der Waals surface area contributed by atoms with Crippen LogP contribution in [0.15, 0.2) is 48.5 Å². The summed E-state index contributed by atoms with van der Waals surface area (Å²) in [5.74, 6) is 1.21. The molecule has 0 atom stereocenters. The summed E-state index contributed by atoms with van der Waals surface area (Å²) in [6.07, 6.45) is 10.2. The molecule has 1 aliphatic heterocycles. The number of carbonyl (C=O) groups is 1. The van der Waals surface area contributed by atoms with Crippen LogP contribution in [-0.4, -0.2) is 24.2 Å². The van der Waals surface area contributed by atoms with E-state index in [4.69, 9.17) is 9.31 Å². The van der Waals surface area contributed by atoms with Crippen molar-refractivity contribution in [2.75, 3.05) is 5.32 Å². The Bertz CT molecular complexity index is 980. The van der Waals surface area contributed by atoms with E-state index in [1.807, 2.05) is 42.5 Å². The van der Waals surface area contributed by atoms with Crippen molar-refractivity contribution in [3.63, 3.8) is 0 Å². The van der Waals surface area contributed by atoms with Gasteiger partial charge in [-0.2, -0.15) is 0 Å². The molecule has 4 nitrogen and oxygen atoms in total. The summed E-state index contributed by atoms with van der Waals surface area (Å²) in [6.45, 7) is 10.6. The van der Waals surface area contributed by atoms with Gasteiger partial charge >= 0.3 is 7.12 Å². The summed E-state index contributed by atoms with van der Waals surface area (Å²) in [5, 5.41) is 3.21. The van der Waals surface area contributed by atoms with Crippen LogP contribution in [0.1, 0.15) is 108 Å². The summed E-state index contributed by atoms with van der Waals surface area (Å²) in [5.41, 5.74) is 3.07. The van der Waals surface area contributed by atoms with Crippen molar-refractivity contribution < 1.29 is 14.1 Å². The van der Waals surface area contributed by atoms with Crippen LogP contribution in [0.25, 0.3) is 0 Å². The Morgan fingerprint density at radius 2 is 1.60 bits per heavy atom. The van der Waals surface area contributed by atoms with Gasteiger partial charge in [0.25, 0.3) is 5.91 Å². The highest BCUT2D eigenvalue weighted by Crippen LogP contribution is 2.41. The molecule has 1 heterocycles. The van der Waals surface area contributed by atoms with Crippen LogP contribution in [0, 0.1) is 5.92 Å². The van der Waals surface area contributed by atoms with Gasteiger partial charge in [-0.15, -0.1) is 0 Å². The van der Waals surface area contributed by atoms with Gasteiger partial charge in [0.1, 0.15) is 0 Å². The van der Waals surface area contributed by atoms with E-state index in [1.54, 1.807) is 0 Å². The number of nitrogens with one attached hydrogen (secondary N) is 1. The minimum Gasteiger partial charge on any atom is -0.399 e. The predicted octanol–water partition coefficient (Wildman–Crippen LogP) is 7.09. The van der Waals surface area contributed by atoms with Crippen molar-refractivity contribution in [3.05, 3.63) is 59.7 Å². The summed E-state index contributed by atoms with van der Waals surface area (Å²) in [4.78, 5) is 13.0. The number of carbonyl (C=O) groups excluding carboxylic acids is 1. The lowest BCUT2D eigenvalue weighted by molar-refractivity contribution is 0.00578. The van der Waals surface area contributed by atoms with Crippen molar-refractivity contribution in [1.82, 2.24) is 0 Å². The second kappa shape index (κ2) is 10.9. The maximum atomic E-state index is 13.0. The largest absolute Gasteiger partial charge is 0.494 e. The molecule has 0 radical (unpaired) electrons. The van der Waals surface area contributed by atoms with Crippen LogP contribution in [0.5, 0.6) is 0 Å². The van der Waals surface area contributed by atoms with E-state index in [1.165, 1.54) is 44.1 Å². The first-order chi connectivity index (χ1) is 16.7. The third-order valence-electron chi connectivity index (χ3n) is 8.39. The topological polar surface area (TPSA) is 47.6 Å². The fourth-order valence-electron chi connectivity index (χ4n) is 5.39. The zero-order valence-electron chi connectivity index (χ0n) is 22.2. The first kappa shape index (κ1) is 26.0. The lowest BCUT2D eigenvalue weighted by Gasteiger charge is -2.32. The third-order valence-corrected chi connectivity index (χ3v) is 8.39. The van der Waals surface area contributed by atoms with Crippen molar-refractivity contribution in [2.24, 2.45) is 5.92 Å². The highest BCUT2D eigenvalue weighted by Gasteiger charge is 2.51. The lowest BCUT2D eigenvalue weighted by atomic mass is 9.73. The quantitative estimate of drug-likeness (QED) is 0.327. The molecule has 0 bridgehead atoms. The van der Waals surface area contributed by atoms with Gasteiger partial charge < -0.3 is 14.6 Å². The van der Waals surface area contributed by atoms with Gasteiger partial charge in [0, 0.05) is 11.3 Å². The molecule has 1 saturated heterocycles.